The van der Waals surface area contributed by atoms with E-state index in [1.807, 2.05) is 42.5 Å². The average Bonchev–Trinajstić information content (AvgIpc) is 3.55. The van der Waals surface area contributed by atoms with Crippen LogP contribution in [0, 0.1) is 0 Å². The van der Waals surface area contributed by atoms with Crippen molar-refractivity contribution < 1.29 is 9.21 Å². The van der Waals surface area contributed by atoms with Gasteiger partial charge in [-0.3, -0.25) is 4.79 Å². The molecule has 2 fully saturated rings. The predicted molar refractivity (Wildman–Crippen MR) is 141 cm³/mol. The number of oxazole rings is 1. The highest BCUT2D eigenvalue weighted by atomic mass is 35.5. The number of nitrogens with one attached hydrogen (secondary N) is 1. The zero-order chi connectivity index (χ0) is 24.0. The Kier molecular flexibility index (Phi) is 7.89. The summed E-state index contributed by atoms with van der Waals surface area (Å²) in [5.41, 5.74) is 3.11. The predicted octanol–water partition coefficient (Wildman–Crippen LogP) is 6.35. The van der Waals surface area contributed by atoms with Gasteiger partial charge in [0.15, 0.2) is 5.58 Å². The molecule has 1 saturated carbocycles. The van der Waals surface area contributed by atoms with E-state index in [0.717, 1.165) is 37.9 Å². The summed E-state index contributed by atoms with van der Waals surface area (Å²) < 4.78 is 5.86. The molecule has 0 spiro atoms. The van der Waals surface area contributed by atoms with Crippen LogP contribution in [0.15, 0.2) is 46.9 Å². The minimum Gasteiger partial charge on any atom is -0.424 e. The van der Waals surface area contributed by atoms with Crippen molar-refractivity contribution in [3.05, 3.63) is 58.6 Å². The van der Waals surface area contributed by atoms with Crippen molar-refractivity contribution in [2.75, 3.05) is 31.5 Å². The third kappa shape index (κ3) is 6.17. The molecule has 0 radical (unpaired) electrons. The van der Waals surface area contributed by atoms with Crippen LogP contribution < -0.4 is 5.32 Å². The first-order chi connectivity index (χ1) is 17.2. The van der Waals surface area contributed by atoms with Gasteiger partial charge in [-0.1, -0.05) is 43.0 Å². The lowest BCUT2D eigenvalue weighted by atomic mass is 10.1. The van der Waals surface area contributed by atoms with E-state index in [4.69, 9.17) is 16.0 Å². The number of hydrogen-bond acceptors (Lipinski definition) is 5. The SMILES string of the molecule is O=C(c1ccc2oc(NCc3cccc(Cl)c3)nc2c1)N(CCCN1CCCCC1)C1CCCC1. The fourth-order valence-corrected chi connectivity index (χ4v) is 5.65. The van der Waals surface area contributed by atoms with Gasteiger partial charge in [0, 0.05) is 29.7 Å². The lowest BCUT2D eigenvalue weighted by Gasteiger charge is -2.31. The molecule has 0 unspecified atom stereocenters. The standard InChI is InChI=1S/C28H35ClN4O2/c29-23-9-6-8-21(18-23)20-30-28-31-25-19-22(12-13-26(25)35-28)27(34)33(24-10-2-3-11-24)17-7-16-32-14-4-1-5-15-32/h6,8-9,12-13,18-19,24H,1-5,7,10-11,14-17,20H2,(H,30,31). The van der Waals surface area contributed by atoms with Gasteiger partial charge in [-0.05, 0) is 87.6 Å². The number of hydrogen-bond donors (Lipinski definition) is 1. The lowest BCUT2D eigenvalue weighted by Crippen LogP contribution is -2.41. The second kappa shape index (κ2) is 11.4. The molecular weight excluding hydrogens is 460 g/mol. The van der Waals surface area contributed by atoms with E-state index in [9.17, 15) is 4.79 Å². The molecule has 0 bridgehead atoms. The first kappa shape index (κ1) is 24.1. The van der Waals surface area contributed by atoms with Crippen LogP contribution in [0.2, 0.25) is 5.02 Å². The Morgan fingerprint density at radius 2 is 1.91 bits per heavy atom. The monoisotopic (exact) mass is 494 g/mol. The van der Waals surface area contributed by atoms with E-state index < -0.39 is 0 Å². The summed E-state index contributed by atoms with van der Waals surface area (Å²) in [7, 11) is 0. The molecule has 2 heterocycles. The van der Waals surface area contributed by atoms with Crippen molar-refractivity contribution in [1.29, 1.82) is 0 Å². The third-order valence-corrected chi connectivity index (χ3v) is 7.55. The Morgan fingerprint density at radius 3 is 2.71 bits per heavy atom. The van der Waals surface area contributed by atoms with Gasteiger partial charge >= 0.3 is 0 Å². The highest BCUT2D eigenvalue weighted by Gasteiger charge is 2.28. The Hall–Kier alpha value is -2.57. The van der Waals surface area contributed by atoms with Gasteiger partial charge in [-0.2, -0.15) is 4.98 Å². The smallest absolute Gasteiger partial charge is 0.295 e. The molecule has 6 nitrogen and oxygen atoms in total. The van der Waals surface area contributed by atoms with Crippen molar-refractivity contribution in [1.82, 2.24) is 14.8 Å². The molecule has 186 valence electrons. The third-order valence-electron chi connectivity index (χ3n) is 7.32. The van der Waals surface area contributed by atoms with E-state index in [0.29, 0.717) is 40.3 Å². The Labute approximate surface area is 212 Å². The van der Waals surface area contributed by atoms with Gasteiger partial charge in [0.1, 0.15) is 5.52 Å². The van der Waals surface area contributed by atoms with Gasteiger partial charge in [-0.15, -0.1) is 0 Å². The fourth-order valence-electron chi connectivity index (χ4n) is 5.44. The summed E-state index contributed by atoms with van der Waals surface area (Å²) >= 11 is 6.08. The molecule has 2 aromatic carbocycles. The lowest BCUT2D eigenvalue weighted by molar-refractivity contribution is 0.0669. The largest absolute Gasteiger partial charge is 0.424 e. The fraction of sp³-hybridized carbons (Fsp3) is 0.500. The molecular formula is C28H35ClN4O2. The molecule has 7 heteroatoms. The van der Waals surface area contributed by atoms with E-state index in [1.54, 1.807) is 0 Å². The molecule has 35 heavy (non-hydrogen) atoms. The Balaban J connectivity index is 1.25. The summed E-state index contributed by atoms with van der Waals surface area (Å²) in [6, 6.07) is 14.1. The molecule has 3 aromatic rings. The molecule has 1 saturated heterocycles. The number of amides is 1. The van der Waals surface area contributed by atoms with E-state index in [-0.39, 0.29) is 5.91 Å². The highest BCUT2D eigenvalue weighted by molar-refractivity contribution is 6.30. The van der Waals surface area contributed by atoms with Crippen molar-refractivity contribution in [2.45, 2.75) is 64.0 Å². The van der Waals surface area contributed by atoms with Crippen LogP contribution in [0.1, 0.15) is 67.3 Å². The van der Waals surface area contributed by atoms with Gasteiger partial charge in [0.05, 0.1) is 0 Å². The van der Waals surface area contributed by atoms with Crippen LogP contribution in [0.4, 0.5) is 6.01 Å². The van der Waals surface area contributed by atoms with E-state index >= 15 is 0 Å². The molecule has 1 amide bonds. The van der Waals surface area contributed by atoms with Gasteiger partial charge in [-0.25, -0.2) is 0 Å². The summed E-state index contributed by atoms with van der Waals surface area (Å²) in [6.45, 7) is 4.87. The maximum Gasteiger partial charge on any atom is 0.295 e. The number of halogens is 1. The molecule has 1 aromatic heterocycles. The molecule has 2 aliphatic rings. The molecule has 1 N–H and O–H groups in total. The summed E-state index contributed by atoms with van der Waals surface area (Å²) in [4.78, 5) is 22.9. The first-order valence-corrected chi connectivity index (χ1v) is 13.5. The molecule has 1 aliphatic heterocycles. The Morgan fingerprint density at radius 1 is 1.09 bits per heavy atom. The highest BCUT2D eigenvalue weighted by Crippen LogP contribution is 2.27. The van der Waals surface area contributed by atoms with Crippen LogP contribution in [0.5, 0.6) is 0 Å². The zero-order valence-electron chi connectivity index (χ0n) is 20.3. The summed E-state index contributed by atoms with van der Waals surface area (Å²) in [5.74, 6) is 0.119. The second-order valence-electron chi connectivity index (χ2n) is 9.88. The number of carbonyl (C=O) groups is 1. The molecule has 0 atom stereocenters. The number of fused-ring (bicyclic) bond motifs is 1. The van der Waals surface area contributed by atoms with Gasteiger partial charge in [0.2, 0.25) is 0 Å². The summed E-state index contributed by atoms with van der Waals surface area (Å²) in [5, 5.41) is 3.92. The van der Waals surface area contributed by atoms with Crippen molar-refractivity contribution in [3.8, 4) is 0 Å². The number of aromatic nitrogens is 1. The van der Waals surface area contributed by atoms with Crippen molar-refractivity contribution >= 4 is 34.6 Å². The number of likely N-dealkylation sites (tertiary alicyclic amines) is 1. The van der Waals surface area contributed by atoms with Gasteiger partial charge < -0.3 is 19.5 Å². The second-order valence-corrected chi connectivity index (χ2v) is 10.3. The maximum absolute atomic E-state index is 13.6. The number of anilines is 1. The van der Waals surface area contributed by atoms with E-state index in [2.05, 4.69) is 20.1 Å². The number of carbonyl (C=O) groups excluding carboxylic acids is 1. The van der Waals surface area contributed by atoms with Crippen LogP contribution >= 0.6 is 11.6 Å². The van der Waals surface area contributed by atoms with Crippen LogP contribution in [-0.4, -0.2) is 52.9 Å². The van der Waals surface area contributed by atoms with Crippen molar-refractivity contribution in [3.63, 3.8) is 0 Å². The minimum absolute atomic E-state index is 0.119. The Bertz CT molecular complexity index is 1130. The average molecular weight is 495 g/mol. The van der Waals surface area contributed by atoms with Crippen LogP contribution in [0.25, 0.3) is 11.1 Å². The quantitative estimate of drug-likeness (QED) is 0.375. The van der Waals surface area contributed by atoms with E-state index in [1.165, 1.54) is 45.2 Å². The number of nitrogens with zero attached hydrogens (tertiary/aromatic N) is 3. The topological polar surface area (TPSA) is 61.6 Å². The summed E-state index contributed by atoms with van der Waals surface area (Å²) in [6.07, 6.45) is 9.64. The van der Waals surface area contributed by atoms with Crippen molar-refractivity contribution in [2.24, 2.45) is 0 Å². The van der Waals surface area contributed by atoms with Crippen LogP contribution in [0.3, 0.4) is 0 Å². The number of piperidine rings is 1. The molecule has 1 aliphatic carbocycles. The molecule has 5 rings (SSSR count). The van der Waals surface area contributed by atoms with Gasteiger partial charge in [0.25, 0.3) is 11.9 Å². The zero-order valence-corrected chi connectivity index (χ0v) is 21.1. The minimum atomic E-state index is 0.119. The first-order valence-electron chi connectivity index (χ1n) is 13.1. The maximum atomic E-state index is 13.6. The number of rotatable bonds is 9. The van der Waals surface area contributed by atoms with Crippen LogP contribution in [-0.2, 0) is 6.54 Å². The normalized spacial score (nSPS) is 17.2. The number of benzene rings is 2.